The normalized spacial score (nSPS) is 15.9. The third-order valence-corrected chi connectivity index (χ3v) is 7.17. The summed E-state index contributed by atoms with van der Waals surface area (Å²) < 4.78 is 14.1. The zero-order valence-corrected chi connectivity index (χ0v) is 21.8. The molecule has 0 bridgehead atoms. The molecule has 172 valence electrons. The van der Waals surface area contributed by atoms with Crippen LogP contribution in [0.2, 0.25) is 0 Å². The van der Waals surface area contributed by atoms with Crippen molar-refractivity contribution in [2.24, 2.45) is 4.99 Å². The van der Waals surface area contributed by atoms with Crippen LogP contribution in [-0.2, 0) is 4.79 Å². The standard InChI is InChI=1S/C24H24IN3O4S/c1-5-27(6-2)23(30)20-14(3)26-24-28(21(20)16-9-7-8-10-17(16)31-4)22(29)18(33-24)13-15-11-12-19(25)32-15/h7-13,21H,5-6H2,1-4H3/b18-13+/t21-/m0/s1. The number of ether oxygens (including phenoxy) is 1. The van der Waals surface area contributed by atoms with E-state index in [0.717, 1.165) is 9.33 Å². The number of carbonyl (C=O) groups is 1. The lowest BCUT2D eigenvalue weighted by Crippen LogP contribution is -2.43. The number of furan rings is 1. The molecule has 0 spiro atoms. The van der Waals surface area contributed by atoms with E-state index in [0.29, 0.717) is 45.2 Å². The van der Waals surface area contributed by atoms with E-state index in [2.05, 4.69) is 27.6 Å². The highest BCUT2D eigenvalue weighted by atomic mass is 127. The van der Waals surface area contributed by atoms with Crippen LogP contribution in [0.5, 0.6) is 5.75 Å². The van der Waals surface area contributed by atoms with Gasteiger partial charge in [0.2, 0.25) is 0 Å². The lowest BCUT2D eigenvalue weighted by atomic mass is 9.94. The van der Waals surface area contributed by atoms with Gasteiger partial charge in [-0.2, -0.15) is 0 Å². The predicted octanol–water partition coefficient (Wildman–Crippen LogP) is 3.31. The van der Waals surface area contributed by atoms with Gasteiger partial charge in [0.05, 0.1) is 22.9 Å². The van der Waals surface area contributed by atoms with Crippen molar-refractivity contribution in [2.75, 3.05) is 20.2 Å². The molecule has 1 aliphatic rings. The SMILES string of the molecule is CCN(CC)C(=O)C1=C(C)N=c2s/c(=C/c3ccc(I)o3)c(=O)n2[C@H]1c1ccccc1OC. The van der Waals surface area contributed by atoms with Gasteiger partial charge in [-0.15, -0.1) is 0 Å². The smallest absolute Gasteiger partial charge is 0.271 e. The molecule has 3 heterocycles. The van der Waals surface area contributed by atoms with E-state index in [9.17, 15) is 9.59 Å². The maximum absolute atomic E-state index is 13.6. The van der Waals surface area contributed by atoms with E-state index in [1.165, 1.54) is 11.3 Å². The van der Waals surface area contributed by atoms with Gasteiger partial charge in [0, 0.05) is 24.7 Å². The van der Waals surface area contributed by atoms with E-state index >= 15 is 0 Å². The molecule has 1 atom stereocenters. The fraction of sp³-hybridized carbons (Fsp3) is 0.292. The summed E-state index contributed by atoms with van der Waals surface area (Å²) in [5, 5.41) is 0. The first-order valence-corrected chi connectivity index (χ1v) is 12.5. The lowest BCUT2D eigenvalue weighted by molar-refractivity contribution is -0.127. The first-order valence-electron chi connectivity index (χ1n) is 10.6. The molecule has 0 unspecified atom stereocenters. The number of carbonyl (C=O) groups excluding carboxylic acids is 1. The van der Waals surface area contributed by atoms with Crippen molar-refractivity contribution in [3.05, 3.63) is 82.4 Å². The number of methoxy groups -OCH3 is 1. The highest BCUT2D eigenvalue weighted by Crippen LogP contribution is 2.35. The molecule has 7 nitrogen and oxygen atoms in total. The molecule has 3 aromatic rings. The van der Waals surface area contributed by atoms with Gasteiger partial charge in [-0.05, 0) is 61.6 Å². The fourth-order valence-electron chi connectivity index (χ4n) is 4.00. The Kier molecular flexibility index (Phi) is 6.89. The molecule has 33 heavy (non-hydrogen) atoms. The van der Waals surface area contributed by atoms with Crippen molar-refractivity contribution in [1.82, 2.24) is 9.47 Å². The molecule has 1 aromatic carbocycles. The quantitative estimate of drug-likeness (QED) is 0.422. The first kappa shape index (κ1) is 23.5. The molecular weight excluding hydrogens is 553 g/mol. The van der Waals surface area contributed by atoms with Crippen LogP contribution in [-0.4, -0.2) is 35.6 Å². The van der Waals surface area contributed by atoms with Gasteiger partial charge >= 0.3 is 0 Å². The number of aromatic nitrogens is 1. The van der Waals surface area contributed by atoms with Gasteiger partial charge < -0.3 is 14.1 Å². The molecular formula is C24H24IN3O4S. The van der Waals surface area contributed by atoms with Crippen LogP contribution in [0.1, 0.15) is 38.1 Å². The predicted molar refractivity (Wildman–Crippen MR) is 136 cm³/mol. The summed E-state index contributed by atoms with van der Waals surface area (Å²) in [7, 11) is 1.59. The molecule has 0 radical (unpaired) electrons. The van der Waals surface area contributed by atoms with Gasteiger partial charge in [-0.3, -0.25) is 14.2 Å². The van der Waals surface area contributed by atoms with Crippen molar-refractivity contribution < 1.29 is 13.9 Å². The van der Waals surface area contributed by atoms with Gasteiger partial charge in [0.1, 0.15) is 17.6 Å². The second kappa shape index (κ2) is 9.68. The number of thiazole rings is 1. The summed E-state index contributed by atoms with van der Waals surface area (Å²) in [5.74, 6) is 1.07. The molecule has 0 fully saturated rings. The van der Waals surface area contributed by atoms with E-state index in [4.69, 9.17) is 9.15 Å². The third-order valence-electron chi connectivity index (χ3n) is 5.60. The van der Waals surface area contributed by atoms with Crippen molar-refractivity contribution >= 4 is 45.9 Å². The number of allylic oxidation sites excluding steroid dienone is 1. The number of nitrogens with zero attached hydrogens (tertiary/aromatic N) is 3. The van der Waals surface area contributed by atoms with E-state index in [1.54, 1.807) is 22.7 Å². The Morgan fingerprint density at radius 1 is 1.27 bits per heavy atom. The molecule has 0 saturated carbocycles. The summed E-state index contributed by atoms with van der Waals surface area (Å²) in [6, 6.07) is 10.5. The van der Waals surface area contributed by atoms with Crippen molar-refractivity contribution in [2.45, 2.75) is 26.8 Å². The summed E-state index contributed by atoms with van der Waals surface area (Å²) in [5.41, 5.74) is 1.60. The Labute approximate surface area is 208 Å². The zero-order valence-electron chi connectivity index (χ0n) is 18.8. The Morgan fingerprint density at radius 2 is 2.00 bits per heavy atom. The second-order valence-corrected chi connectivity index (χ2v) is 9.52. The van der Waals surface area contributed by atoms with Crippen molar-refractivity contribution in [3.63, 3.8) is 0 Å². The largest absolute Gasteiger partial charge is 0.496 e. The second-order valence-electron chi connectivity index (χ2n) is 7.44. The lowest BCUT2D eigenvalue weighted by Gasteiger charge is -2.29. The number of amides is 1. The minimum absolute atomic E-state index is 0.132. The number of likely N-dealkylation sites (N-methyl/N-ethyl adjacent to an activating group) is 1. The number of para-hydroxylation sites is 1. The topological polar surface area (TPSA) is 77.0 Å². The van der Waals surface area contributed by atoms with Crippen LogP contribution in [0.3, 0.4) is 0 Å². The Balaban J connectivity index is 2.00. The van der Waals surface area contributed by atoms with Crippen LogP contribution >= 0.6 is 33.9 Å². The number of hydrogen-bond donors (Lipinski definition) is 0. The average Bonchev–Trinajstić information content (AvgIpc) is 3.35. The molecule has 0 aliphatic carbocycles. The van der Waals surface area contributed by atoms with Gasteiger partial charge in [0.15, 0.2) is 8.57 Å². The molecule has 1 amide bonds. The van der Waals surface area contributed by atoms with Crippen molar-refractivity contribution in [3.8, 4) is 5.75 Å². The number of rotatable bonds is 6. The number of hydrogen-bond acceptors (Lipinski definition) is 6. The summed E-state index contributed by atoms with van der Waals surface area (Å²) in [4.78, 5) is 34.2. The minimum atomic E-state index is -0.649. The third kappa shape index (κ3) is 4.31. The Hall–Kier alpha value is -2.66. The summed E-state index contributed by atoms with van der Waals surface area (Å²) >= 11 is 3.37. The number of halogens is 1. The Bertz CT molecular complexity index is 1410. The van der Waals surface area contributed by atoms with Crippen molar-refractivity contribution in [1.29, 1.82) is 0 Å². The molecule has 0 N–H and O–H groups in total. The monoisotopic (exact) mass is 577 g/mol. The number of fused-ring (bicyclic) bond motifs is 1. The summed E-state index contributed by atoms with van der Waals surface area (Å²) in [6.07, 6.45) is 1.72. The average molecular weight is 577 g/mol. The Morgan fingerprint density at radius 3 is 2.64 bits per heavy atom. The van der Waals surface area contributed by atoms with Crippen LogP contribution < -0.4 is 19.6 Å². The summed E-state index contributed by atoms with van der Waals surface area (Å²) in [6.45, 7) is 6.83. The molecule has 9 heteroatoms. The molecule has 4 rings (SSSR count). The number of benzene rings is 1. The molecule has 0 saturated heterocycles. The maximum Gasteiger partial charge on any atom is 0.271 e. The zero-order chi connectivity index (χ0) is 23.7. The van der Waals surface area contributed by atoms with Crippen LogP contribution in [0.4, 0.5) is 0 Å². The van der Waals surface area contributed by atoms with E-state index in [1.807, 2.05) is 57.2 Å². The van der Waals surface area contributed by atoms with Crippen LogP contribution in [0.25, 0.3) is 6.08 Å². The van der Waals surface area contributed by atoms with Gasteiger partial charge in [-0.25, -0.2) is 4.99 Å². The molecule has 1 aliphatic heterocycles. The molecule has 2 aromatic heterocycles. The first-order chi connectivity index (χ1) is 15.9. The highest BCUT2D eigenvalue weighted by Gasteiger charge is 2.35. The van der Waals surface area contributed by atoms with Crippen LogP contribution in [0.15, 0.2) is 61.9 Å². The minimum Gasteiger partial charge on any atom is -0.496 e. The highest BCUT2D eigenvalue weighted by molar-refractivity contribution is 14.1. The van der Waals surface area contributed by atoms with E-state index < -0.39 is 6.04 Å². The van der Waals surface area contributed by atoms with Gasteiger partial charge in [-0.1, -0.05) is 29.5 Å². The van der Waals surface area contributed by atoms with Crippen LogP contribution in [0, 0.1) is 3.77 Å². The fourth-order valence-corrected chi connectivity index (χ4v) is 5.46. The van der Waals surface area contributed by atoms with E-state index in [-0.39, 0.29) is 11.5 Å². The van der Waals surface area contributed by atoms with Gasteiger partial charge in [0.25, 0.3) is 11.5 Å². The maximum atomic E-state index is 13.6.